The van der Waals surface area contributed by atoms with Crippen LogP contribution >= 0.6 is 0 Å². The SMILES string of the molecule is FC1=NC(F)N(F)[C]=N1. The molecule has 1 rings (SSSR count). The molecule has 0 aromatic heterocycles. The number of amidine groups is 1. The lowest BCUT2D eigenvalue weighted by molar-refractivity contribution is 0.00130. The van der Waals surface area contributed by atoms with Gasteiger partial charge in [-0.3, -0.25) is 0 Å². The zero-order valence-electron chi connectivity index (χ0n) is 4.05. The molecule has 0 amide bonds. The summed E-state index contributed by atoms with van der Waals surface area (Å²) >= 11 is 0. The molecule has 0 saturated heterocycles. The molecule has 0 N–H and O–H groups in total. The van der Waals surface area contributed by atoms with E-state index >= 15 is 0 Å². The van der Waals surface area contributed by atoms with E-state index in [4.69, 9.17) is 0 Å². The summed E-state index contributed by atoms with van der Waals surface area (Å²) in [7, 11) is 0. The third kappa shape index (κ3) is 1.18. The van der Waals surface area contributed by atoms with Crippen molar-refractivity contribution >= 4 is 12.4 Å². The third-order valence-electron chi connectivity index (χ3n) is 0.638. The van der Waals surface area contributed by atoms with Crippen molar-refractivity contribution in [2.24, 2.45) is 9.98 Å². The van der Waals surface area contributed by atoms with Gasteiger partial charge < -0.3 is 0 Å². The number of alkyl halides is 1. The summed E-state index contributed by atoms with van der Waals surface area (Å²) in [4.78, 5) is 5.07. The highest BCUT2D eigenvalue weighted by atomic mass is 19.2. The van der Waals surface area contributed by atoms with Gasteiger partial charge in [-0.15, -0.1) is 5.12 Å². The maximum Gasteiger partial charge on any atom is 0.310 e. The molecule has 1 aliphatic rings. The molecule has 1 unspecified atom stereocenters. The van der Waals surface area contributed by atoms with Gasteiger partial charge in [-0.1, -0.05) is 4.48 Å². The Morgan fingerprint density at radius 1 is 1.67 bits per heavy atom. The molecule has 6 heteroatoms. The molecule has 0 spiro atoms. The van der Waals surface area contributed by atoms with Crippen molar-refractivity contribution in [2.45, 2.75) is 6.42 Å². The molecule has 1 heterocycles. The third-order valence-corrected chi connectivity index (χ3v) is 0.638. The fourth-order valence-corrected chi connectivity index (χ4v) is 0.304. The standard InChI is InChI=1S/C3HF3N3/c4-2-7-1-9(6)3(5)8-2/h3H. The summed E-state index contributed by atoms with van der Waals surface area (Å²) < 4.78 is 35.3. The van der Waals surface area contributed by atoms with E-state index in [-0.39, 0.29) is 0 Å². The van der Waals surface area contributed by atoms with Crippen LogP contribution < -0.4 is 0 Å². The predicted octanol–water partition coefficient (Wildman–Crippen LogP) is 0.670. The minimum atomic E-state index is -2.34. The quantitative estimate of drug-likeness (QED) is 0.355. The van der Waals surface area contributed by atoms with Crippen LogP contribution in [0.2, 0.25) is 0 Å². The average molecular weight is 136 g/mol. The molecule has 1 aliphatic heterocycles. The van der Waals surface area contributed by atoms with Crippen LogP contribution in [0.5, 0.6) is 0 Å². The van der Waals surface area contributed by atoms with Gasteiger partial charge in [-0.25, -0.2) is 0 Å². The summed E-state index contributed by atoms with van der Waals surface area (Å²) in [6.45, 7) is 0. The average Bonchev–Trinajstić information content (AvgIpc) is 1.80. The van der Waals surface area contributed by atoms with E-state index in [9.17, 15) is 13.3 Å². The zero-order valence-corrected chi connectivity index (χ0v) is 4.05. The van der Waals surface area contributed by atoms with Crippen LogP contribution in [0.25, 0.3) is 0 Å². The van der Waals surface area contributed by atoms with Crippen molar-refractivity contribution in [3.8, 4) is 0 Å². The Balaban J connectivity index is 2.70. The Labute approximate surface area is 48.4 Å². The van der Waals surface area contributed by atoms with Crippen molar-refractivity contribution in [3.63, 3.8) is 0 Å². The van der Waals surface area contributed by atoms with Gasteiger partial charge in [0.05, 0.1) is 0 Å². The topological polar surface area (TPSA) is 28.0 Å². The van der Waals surface area contributed by atoms with Gasteiger partial charge in [-0.05, 0) is 0 Å². The predicted molar refractivity (Wildman–Crippen MR) is 23.8 cm³/mol. The lowest BCUT2D eigenvalue weighted by Crippen LogP contribution is -2.24. The molecule has 0 aliphatic carbocycles. The highest BCUT2D eigenvalue weighted by Crippen LogP contribution is 2.06. The van der Waals surface area contributed by atoms with Crippen molar-refractivity contribution in [2.75, 3.05) is 0 Å². The first-order valence-corrected chi connectivity index (χ1v) is 1.99. The van der Waals surface area contributed by atoms with E-state index in [1.165, 1.54) is 6.34 Å². The van der Waals surface area contributed by atoms with E-state index in [1.807, 2.05) is 0 Å². The number of hydrogen-bond donors (Lipinski definition) is 0. The molecule has 49 valence electrons. The largest absolute Gasteiger partial charge is 0.310 e. The Morgan fingerprint density at radius 3 is 2.78 bits per heavy atom. The lowest BCUT2D eigenvalue weighted by atomic mass is 10.9. The number of halogens is 3. The molecule has 0 aromatic rings. The van der Waals surface area contributed by atoms with Gasteiger partial charge >= 0.3 is 6.09 Å². The Bertz CT molecular complexity index is 166. The second-order valence-corrected chi connectivity index (χ2v) is 1.23. The normalized spacial score (nSPS) is 26.3. The molecule has 1 atom stereocenters. The second kappa shape index (κ2) is 2.04. The number of hydrogen-bond acceptors (Lipinski definition) is 3. The fraction of sp³-hybridized carbons (Fsp3) is 0.333. The highest BCUT2D eigenvalue weighted by Gasteiger charge is 2.18. The van der Waals surface area contributed by atoms with Crippen molar-refractivity contribution in [1.82, 2.24) is 5.12 Å². The van der Waals surface area contributed by atoms with Crippen LogP contribution in [0.4, 0.5) is 13.3 Å². The second-order valence-electron chi connectivity index (χ2n) is 1.23. The van der Waals surface area contributed by atoms with Crippen LogP contribution in [0.15, 0.2) is 9.98 Å². The summed E-state index contributed by atoms with van der Waals surface area (Å²) in [5, 5.41) is -0.566. The number of aliphatic imine (C=N–C) groups is 2. The van der Waals surface area contributed by atoms with Crippen molar-refractivity contribution < 1.29 is 13.3 Å². The van der Waals surface area contributed by atoms with Crippen LogP contribution in [-0.2, 0) is 0 Å². The molecule has 0 saturated carbocycles. The van der Waals surface area contributed by atoms with Crippen molar-refractivity contribution in [3.05, 3.63) is 0 Å². The summed E-state index contributed by atoms with van der Waals surface area (Å²) in [5.74, 6) is 0. The van der Waals surface area contributed by atoms with Gasteiger partial charge in [0.1, 0.15) is 0 Å². The van der Waals surface area contributed by atoms with Crippen LogP contribution in [0.3, 0.4) is 0 Å². The van der Waals surface area contributed by atoms with Crippen LogP contribution in [0, 0.1) is 0 Å². The van der Waals surface area contributed by atoms with Gasteiger partial charge in [0.2, 0.25) is 6.34 Å². The number of nitrogens with zero attached hydrogens (tertiary/aromatic N) is 3. The summed E-state index contributed by atoms with van der Waals surface area (Å²) in [6.07, 6.45) is -2.26. The molecule has 0 fully saturated rings. The smallest absolute Gasteiger partial charge is 0.193 e. The molecule has 1 radical (unpaired) electrons. The van der Waals surface area contributed by atoms with Gasteiger partial charge in [0, 0.05) is 0 Å². The number of rotatable bonds is 0. The molecule has 0 bridgehead atoms. The Kier molecular flexibility index (Phi) is 1.37. The molecular weight excluding hydrogens is 135 g/mol. The monoisotopic (exact) mass is 136 g/mol. The zero-order chi connectivity index (χ0) is 6.85. The molecule has 0 aromatic carbocycles. The van der Waals surface area contributed by atoms with Crippen molar-refractivity contribution in [1.29, 1.82) is 0 Å². The van der Waals surface area contributed by atoms with Crippen LogP contribution in [0.1, 0.15) is 0 Å². The summed E-state index contributed by atoms with van der Waals surface area (Å²) in [5.41, 5.74) is 0. The van der Waals surface area contributed by atoms with Gasteiger partial charge in [-0.2, -0.15) is 18.8 Å². The first-order valence-electron chi connectivity index (χ1n) is 1.99. The van der Waals surface area contributed by atoms with Gasteiger partial charge in [0.25, 0.3) is 6.42 Å². The first kappa shape index (κ1) is 6.06. The molecular formula is C3HF3N3. The van der Waals surface area contributed by atoms with Crippen LogP contribution in [-0.4, -0.2) is 24.0 Å². The minimum absolute atomic E-state index is 0.566. The summed E-state index contributed by atoms with van der Waals surface area (Å²) in [6, 6.07) is 0. The maximum atomic E-state index is 11.8. The lowest BCUT2D eigenvalue weighted by Gasteiger charge is -2.09. The Morgan fingerprint density at radius 2 is 2.33 bits per heavy atom. The van der Waals surface area contributed by atoms with E-state index in [1.54, 1.807) is 0 Å². The molecule has 3 nitrogen and oxygen atoms in total. The van der Waals surface area contributed by atoms with E-state index in [2.05, 4.69) is 9.98 Å². The maximum absolute atomic E-state index is 11.8. The minimum Gasteiger partial charge on any atom is -0.193 e. The first-order chi connectivity index (χ1) is 4.20. The molecule has 9 heavy (non-hydrogen) atoms. The Hall–Kier alpha value is -1.07. The van der Waals surface area contributed by atoms with Gasteiger partial charge in [0.15, 0.2) is 0 Å². The van der Waals surface area contributed by atoms with E-state index in [0.717, 1.165) is 0 Å². The highest BCUT2D eigenvalue weighted by molar-refractivity contribution is 5.83. The van der Waals surface area contributed by atoms with E-state index < -0.39 is 17.6 Å². The van der Waals surface area contributed by atoms with E-state index in [0.29, 0.717) is 0 Å². The fourth-order valence-electron chi connectivity index (χ4n) is 0.304.